The van der Waals surface area contributed by atoms with Gasteiger partial charge in [0.1, 0.15) is 0 Å². The molecule has 1 aromatic carbocycles. The van der Waals surface area contributed by atoms with Crippen LogP contribution in [0.5, 0.6) is 0 Å². The normalized spacial score (nSPS) is 19.4. The van der Waals surface area contributed by atoms with Gasteiger partial charge in [0.15, 0.2) is 0 Å². The van der Waals surface area contributed by atoms with E-state index in [2.05, 4.69) is 58.2 Å². The van der Waals surface area contributed by atoms with Crippen molar-refractivity contribution in [3.63, 3.8) is 0 Å². The van der Waals surface area contributed by atoms with E-state index in [-0.39, 0.29) is 0 Å². The van der Waals surface area contributed by atoms with Gasteiger partial charge in [0.05, 0.1) is 5.69 Å². The first kappa shape index (κ1) is 14.8. The smallest absolute Gasteiger partial charge is 0.0510 e. The maximum atomic E-state index is 9.22. The molecule has 0 aliphatic carbocycles. The number of rotatable bonds is 5. The maximum absolute atomic E-state index is 9.22. The third-order valence-electron chi connectivity index (χ3n) is 3.61. The molecule has 1 aliphatic heterocycles. The standard InChI is InChI=1S/C15H23BrN2O/c1-11(2)17-8-12-3-4-15(14(16)7-12)18-6-5-13(9-18)10-19/h3-4,7,11,13,17,19H,5-6,8-10H2,1-2H3. The third kappa shape index (κ3) is 3.94. The Kier molecular flexibility index (Phi) is 5.25. The van der Waals surface area contributed by atoms with Crippen molar-refractivity contribution in [2.45, 2.75) is 32.9 Å². The van der Waals surface area contributed by atoms with Crippen LogP contribution in [0.1, 0.15) is 25.8 Å². The number of aliphatic hydroxyl groups is 1. The molecule has 0 spiro atoms. The molecule has 106 valence electrons. The predicted molar refractivity (Wildman–Crippen MR) is 83.5 cm³/mol. The van der Waals surface area contributed by atoms with Gasteiger partial charge < -0.3 is 15.3 Å². The predicted octanol–water partition coefficient (Wildman–Crippen LogP) is 2.77. The zero-order chi connectivity index (χ0) is 13.8. The second-order valence-electron chi connectivity index (χ2n) is 5.60. The second-order valence-corrected chi connectivity index (χ2v) is 6.46. The van der Waals surface area contributed by atoms with Crippen LogP contribution in [0.3, 0.4) is 0 Å². The molecule has 1 aliphatic rings. The number of aliphatic hydroxyl groups excluding tert-OH is 1. The van der Waals surface area contributed by atoms with Crippen molar-refractivity contribution in [1.82, 2.24) is 5.32 Å². The molecule has 1 atom stereocenters. The lowest BCUT2D eigenvalue weighted by atomic mass is 10.1. The lowest BCUT2D eigenvalue weighted by molar-refractivity contribution is 0.238. The number of hydrogen-bond donors (Lipinski definition) is 2. The Morgan fingerprint density at radius 1 is 1.47 bits per heavy atom. The van der Waals surface area contributed by atoms with Crippen molar-refractivity contribution in [1.29, 1.82) is 0 Å². The minimum absolute atomic E-state index is 0.296. The van der Waals surface area contributed by atoms with E-state index in [1.807, 2.05) is 0 Å². The average Bonchev–Trinajstić information content (AvgIpc) is 2.85. The summed E-state index contributed by atoms with van der Waals surface area (Å²) < 4.78 is 1.15. The first-order valence-electron chi connectivity index (χ1n) is 6.97. The molecular formula is C15H23BrN2O. The summed E-state index contributed by atoms with van der Waals surface area (Å²) in [5.74, 6) is 0.425. The van der Waals surface area contributed by atoms with E-state index in [9.17, 15) is 5.11 Å². The van der Waals surface area contributed by atoms with Crippen LogP contribution in [0.4, 0.5) is 5.69 Å². The fraction of sp³-hybridized carbons (Fsp3) is 0.600. The molecule has 0 aromatic heterocycles. The van der Waals surface area contributed by atoms with Gasteiger partial charge in [-0.15, -0.1) is 0 Å². The molecule has 3 nitrogen and oxygen atoms in total. The Labute approximate surface area is 124 Å². The largest absolute Gasteiger partial charge is 0.396 e. The van der Waals surface area contributed by atoms with Crippen molar-refractivity contribution in [3.05, 3.63) is 28.2 Å². The molecule has 0 radical (unpaired) electrons. The summed E-state index contributed by atoms with van der Waals surface area (Å²) in [5, 5.41) is 12.6. The van der Waals surface area contributed by atoms with Gasteiger partial charge in [-0.25, -0.2) is 0 Å². The molecule has 0 bridgehead atoms. The summed E-state index contributed by atoms with van der Waals surface area (Å²) in [7, 11) is 0. The van der Waals surface area contributed by atoms with Crippen molar-refractivity contribution >= 4 is 21.6 Å². The Morgan fingerprint density at radius 3 is 2.84 bits per heavy atom. The van der Waals surface area contributed by atoms with Gasteiger partial charge >= 0.3 is 0 Å². The molecule has 0 amide bonds. The molecule has 2 rings (SSSR count). The van der Waals surface area contributed by atoms with Crippen LogP contribution < -0.4 is 10.2 Å². The minimum Gasteiger partial charge on any atom is -0.396 e. The highest BCUT2D eigenvalue weighted by Gasteiger charge is 2.23. The van der Waals surface area contributed by atoms with Crippen LogP contribution in [0.15, 0.2) is 22.7 Å². The summed E-state index contributed by atoms with van der Waals surface area (Å²) >= 11 is 3.67. The highest BCUT2D eigenvalue weighted by molar-refractivity contribution is 9.10. The van der Waals surface area contributed by atoms with E-state index in [1.54, 1.807) is 0 Å². The van der Waals surface area contributed by atoms with Gasteiger partial charge in [-0.1, -0.05) is 19.9 Å². The first-order valence-corrected chi connectivity index (χ1v) is 7.77. The first-order chi connectivity index (χ1) is 9.10. The van der Waals surface area contributed by atoms with Gasteiger partial charge in [-0.05, 0) is 40.0 Å². The Bertz CT molecular complexity index is 423. The number of halogens is 1. The zero-order valence-electron chi connectivity index (χ0n) is 11.7. The summed E-state index contributed by atoms with van der Waals surface area (Å²) in [5.41, 5.74) is 2.53. The Morgan fingerprint density at radius 2 is 2.26 bits per heavy atom. The lowest BCUT2D eigenvalue weighted by Gasteiger charge is -2.21. The van der Waals surface area contributed by atoms with Crippen LogP contribution in [0.2, 0.25) is 0 Å². The lowest BCUT2D eigenvalue weighted by Crippen LogP contribution is -2.23. The second kappa shape index (κ2) is 6.73. The fourth-order valence-corrected chi connectivity index (χ4v) is 3.12. The van der Waals surface area contributed by atoms with Gasteiger partial charge in [-0.2, -0.15) is 0 Å². The topological polar surface area (TPSA) is 35.5 Å². The molecule has 1 heterocycles. The quantitative estimate of drug-likeness (QED) is 0.873. The Balaban J connectivity index is 2.03. The molecule has 0 saturated carbocycles. The highest BCUT2D eigenvalue weighted by atomic mass is 79.9. The molecular weight excluding hydrogens is 304 g/mol. The molecule has 1 fully saturated rings. The number of benzene rings is 1. The van der Waals surface area contributed by atoms with Crippen molar-refractivity contribution < 1.29 is 5.11 Å². The minimum atomic E-state index is 0.296. The molecule has 19 heavy (non-hydrogen) atoms. The van der Waals surface area contributed by atoms with Crippen LogP contribution in [-0.2, 0) is 6.54 Å². The molecule has 1 unspecified atom stereocenters. The molecule has 1 aromatic rings. The van der Waals surface area contributed by atoms with Crippen LogP contribution in [0, 0.1) is 5.92 Å². The molecule has 2 N–H and O–H groups in total. The van der Waals surface area contributed by atoms with Crippen LogP contribution in [-0.4, -0.2) is 30.8 Å². The summed E-state index contributed by atoms with van der Waals surface area (Å²) in [6, 6.07) is 7.06. The fourth-order valence-electron chi connectivity index (χ4n) is 2.44. The van der Waals surface area contributed by atoms with E-state index in [4.69, 9.17) is 0 Å². The molecule has 1 saturated heterocycles. The average molecular weight is 327 g/mol. The summed E-state index contributed by atoms with van der Waals surface area (Å²) in [6.07, 6.45) is 1.08. The van der Waals surface area contributed by atoms with Crippen molar-refractivity contribution in [2.24, 2.45) is 5.92 Å². The number of anilines is 1. The van der Waals surface area contributed by atoms with Gasteiger partial charge in [0.2, 0.25) is 0 Å². The number of hydrogen-bond acceptors (Lipinski definition) is 3. The van der Waals surface area contributed by atoms with Crippen LogP contribution in [0.25, 0.3) is 0 Å². The van der Waals surface area contributed by atoms with Crippen molar-refractivity contribution in [2.75, 3.05) is 24.6 Å². The van der Waals surface area contributed by atoms with Gasteiger partial charge in [0.25, 0.3) is 0 Å². The maximum Gasteiger partial charge on any atom is 0.0510 e. The number of nitrogens with one attached hydrogen (secondary N) is 1. The molecule has 4 heteroatoms. The van der Waals surface area contributed by atoms with E-state index < -0.39 is 0 Å². The van der Waals surface area contributed by atoms with E-state index in [0.717, 1.165) is 30.5 Å². The SMILES string of the molecule is CC(C)NCc1ccc(N2CCC(CO)C2)c(Br)c1. The van der Waals surface area contributed by atoms with Crippen molar-refractivity contribution in [3.8, 4) is 0 Å². The monoisotopic (exact) mass is 326 g/mol. The van der Waals surface area contributed by atoms with E-state index >= 15 is 0 Å². The van der Waals surface area contributed by atoms with Gasteiger partial charge in [0, 0.05) is 42.7 Å². The van der Waals surface area contributed by atoms with E-state index in [1.165, 1.54) is 11.3 Å². The third-order valence-corrected chi connectivity index (χ3v) is 4.25. The zero-order valence-corrected chi connectivity index (χ0v) is 13.3. The summed E-state index contributed by atoms with van der Waals surface area (Å²) in [6.45, 7) is 7.50. The summed E-state index contributed by atoms with van der Waals surface area (Å²) in [4.78, 5) is 2.35. The highest BCUT2D eigenvalue weighted by Crippen LogP contribution is 2.31. The number of nitrogens with zero attached hydrogens (tertiary/aromatic N) is 1. The van der Waals surface area contributed by atoms with Gasteiger partial charge in [-0.3, -0.25) is 0 Å². The van der Waals surface area contributed by atoms with E-state index in [0.29, 0.717) is 18.6 Å². The Hall–Kier alpha value is -0.580. The van der Waals surface area contributed by atoms with Crippen LogP contribution >= 0.6 is 15.9 Å².